The smallest absolute Gasteiger partial charge is 0.350 e. The van der Waals surface area contributed by atoms with Crippen LogP contribution in [0, 0.1) is 19.8 Å². The lowest BCUT2D eigenvalue weighted by molar-refractivity contribution is -0.119. The van der Waals surface area contributed by atoms with Gasteiger partial charge in [-0.3, -0.25) is 9.59 Å². The molecule has 32 heavy (non-hydrogen) atoms. The van der Waals surface area contributed by atoms with E-state index in [9.17, 15) is 14.4 Å². The topological polar surface area (TPSA) is 136 Å². The van der Waals surface area contributed by atoms with E-state index >= 15 is 0 Å². The summed E-state index contributed by atoms with van der Waals surface area (Å²) >= 11 is 1.05. The van der Waals surface area contributed by atoms with Crippen LogP contribution in [0.4, 0.5) is 5.13 Å². The zero-order valence-corrected chi connectivity index (χ0v) is 18.9. The van der Waals surface area contributed by atoms with Crippen LogP contribution >= 0.6 is 11.3 Å². The number of esters is 1. The molecule has 0 aliphatic rings. The van der Waals surface area contributed by atoms with Crippen LogP contribution < -0.4 is 10.6 Å². The Hall–Kier alpha value is -3.60. The number of nitrogens with zero attached hydrogens (tertiary/aromatic N) is 3. The lowest BCUT2D eigenvalue weighted by Crippen LogP contribution is -2.34. The summed E-state index contributed by atoms with van der Waals surface area (Å²) in [4.78, 5) is 45.6. The van der Waals surface area contributed by atoms with Crippen LogP contribution in [0.5, 0.6) is 0 Å². The maximum atomic E-state index is 12.5. The van der Waals surface area contributed by atoms with Gasteiger partial charge < -0.3 is 19.9 Å². The van der Waals surface area contributed by atoms with Gasteiger partial charge in [0.25, 0.3) is 5.91 Å². The number of hydrogen-bond donors (Lipinski definition) is 2. The zero-order valence-electron chi connectivity index (χ0n) is 18.1. The van der Waals surface area contributed by atoms with Gasteiger partial charge in [0.2, 0.25) is 17.6 Å². The number of rotatable bonds is 8. The van der Waals surface area contributed by atoms with E-state index in [0.29, 0.717) is 38.5 Å². The van der Waals surface area contributed by atoms with E-state index in [1.165, 1.54) is 0 Å². The van der Waals surface area contributed by atoms with Gasteiger partial charge in [-0.2, -0.15) is 4.98 Å². The molecule has 168 valence electrons. The molecule has 0 saturated carbocycles. The van der Waals surface area contributed by atoms with E-state index in [1.807, 2.05) is 0 Å². The van der Waals surface area contributed by atoms with Crippen molar-refractivity contribution in [3.05, 3.63) is 46.3 Å². The number of amides is 2. The summed E-state index contributed by atoms with van der Waals surface area (Å²) in [5, 5.41) is 9.58. The third-order valence-corrected chi connectivity index (χ3v) is 5.47. The minimum Gasteiger partial charge on any atom is -0.462 e. The first-order chi connectivity index (χ1) is 15.3. The third-order valence-electron chi connectivity index (χ3n) is 4.41. The molecule has 10 nitrogen and oxygen atoms in total. The summed E-state index contributed by atoms with van der Waals surface area (Å²) < 4.78 is 9.95. The third kappa shape index (κ3) is 5.55. The first kappa shape index (κ1) is 23.1. The van der Waals surface area contributed by atoms with Crippen LogP contribution in [-0.2, 0) is 9.53 Å². The Kier molecular flexibility index (Phi) is 7.31. The van der Waals surface area contributed by atoms with Crippen molar-refractivity contribution in [1.82, 2.24) is 20.4 Å². The zero-order chi connectivity index (χ0) is 23.3. The van der Waals surface area contributed by atoms with E-state index in [0.717, 1.165) is 11.3 Å². The number of aromatic nitrogens is 3. The van der Waals surface area contributed by atoms with E-state index in [4.69, 9.17) is 9.26 Å². The number of aryl methyl sites for hydroxylation is 2. The van der Waals surface area contributed by atoms with E-state index in [1.54, 1.807) is 52.0 Å². The van der Waals surface area contributed by atoms with Gasteiger partial charge in [0, 0.05) is 24.6 Å². The maximum absolute atomic E-state index is 12.5. The number of benzene rings is 1. The Morgan fingerprint density at radius 3 is 2.69 bits per heavy atom. The van der Waals surface area contributed by atoms with Gasteiger partial charge in [-0.25, -0.2) is 9.78 Å². The van der Waals surface area contributed by atoms with E-state index in [-0.39, 0.29) is 25.0 Å². The Labute approximate surface area is 188 Å². The SMILES string of the molecule is CCOC(=O)c1sc(NC(=O)C(C)CNC(=O)c2cccc(-c3noc(C)n3)c2)nc1C. The van der Waals surface area contributed by atoms with Crippen LogP contribution in [0.1, 0.15) is 45.5 Å². The number of nitrogens with one attached hydrogen (secondary N) is 2. The van der Waals surface area contributed by atoms with Crippen LogP contribution in [0.2, 0.25) is 0 Å². The minimum absolute atomic E-state index is 0.116. The second-order valence-corrected chi connectivity index (χ2v) is 7.97. The number of hydrogen-bond acceptors (Lipinski definition) is 9. The van der Waals surface area contributed by atoms with E-state index < -0.39 is 11.9 Å². The van der Waals surface area contributed by atoms with Crippen molar-refractivity contribution in [2.75, 3.05) is 18.5 Å². The molecule has 0 spiro atoms. The summed E-state index contributed by atoms with van der Waals surface area (Å²) in [5.74, 6) is -0.837. The van der Waals surface area contributed by atoms with Gasteiger partial charge in [-0.05, 0) is 26.0 Å². The van der Waals surface area contributed by atoms with Crippen LogP contribution in [0.15, 0.2) is 28.8 Å². The molecule has 0 radical (unpaired) electrons. The van der Waals surface area contributed by atoms with Crippen molar-refractivity contribution >= 4 is 34.3 Å². The largest absolute Gasteiger partial charge is 0.462 e. The van der Waals surface area contributed by atoms with Gasteiger partial charge in [0.15, 0.2) is 5.13 Å². The molecule has 2 N–H and O–H groups in total. The second-order valence-electron chi connectivity index (χ2n) is 6.97. The van der Waals surface area contributed by atoms with Gasteiger partial charge in [-0.15, -0.1) is 0 Å². The molecule has 0 aliphatic heterocycles. The Bertz CT molecular complexity index is 1140. The molecule has 0 fully saturated rings. The van der Waals surface area contributed by atoms with Gasteiger partial charge in [-0.1, -0.05) is 35.5 Å². The lowest BCUT2D eigenvalue weighted by Gasteiger charge is -2.12. The second kappa shape index (κ2) is 10.1. The predicted octanol–water partition coefficient (Wildman–Crippen LogP) is 2.99. The van der Waals surface area contributed by atoms with Crippen molar-refractivity contribution < 1.29 is 23.6 Å². The van der Waals surface area contributed by atoms with Crippen molar-refractivity contribution in [3.63, 3.8) is 0 Å². The summed E-state index contributed by atoms with van der Waals surface area (Å²) in [6.07, 6.45) is 0. The first-order valence-electron chi connectivity index (χ1n) is 9.92. The molecule has 0 bridgehead atoms. The Morgan fingerprint density at radius 2 is 2.00 bits per heavy atom. The first-order valence-corrected chi connectivity index (χ1v) is 10.7. The standard InChI is InChI=1S/C21H23N5O5S/c1-5-30-20(29)16-12(3)23-21(32-16)25-18(27)11(2)10-22-19(28)15-8-6-7-14(9-15)17-24-13(4)31-26-17/h6-9,11H,5,10H2,1-4H3,(H,22,28)(H,23,25,27). The molecule has 1 atom stereocenters. The highest BCUT2D eigenvalue weighted by Gasteiger charge is 2.20. The highest BCUT2D eigenvalue weighted by molar-refractivity contribution is 7.17. The molecule has 11 heteroatoms. The summed E-state index contributed by atoms with van der Waals surface area (Å²) in [5.41, 5.74) is 1.55. The average molecular weight is 458 g/mol. The summed E-state index contributed by atoms with van der Waals surface area (Å²) in [7, 11) is 0. The Morgan fingerprint density at radius 1 is 1.22 bits per heavy atom. The van der Waals surface area contributed by atoms with E-state index in [2.05, 4.69) is 25.8 Å². The maximum Gasteiger partial charge on any atom is 0.350 e. The van der Waals surface area contributed by atoms with Crippen LogP contribution in [0.3, 0.4) is 0 Å². The molecule has 1 unspecified atom stereocenters. The summed E-state index contributed by atoms with van der Waals surface area (Å²) in [6, 6.07) is 6.81. The van der Waals surface area contributed by atoms with Gasteiger partial charge >= 0.3 is 5.97 Å². The molecule has 0 saturated heterocycles. The number of thiazole rings is 1. The molecular formula is C21H23N5O5S. The molecule has 1 aromatic carbocycles. The monoisotopic (exact) mass is 457 g/mol. The molecule has 2 amide bonds. The highest BCUT2D eigenvalue weighted by atomic mass is 32.1. The molecule has 0 aliphatic carbocycles. The van der Waals surface area contributed by atoms with Gasteiger partial charge in [0.1, 0.15) is 4.88 Å². The average Bonchev–Trinajstić information content (AvgIpc) is 3.37. The fraction of sp³-hybridized carbons (Fsp3) is 0.333. The molecule has 3 aromatic rings. The number of carbonyl (C=O) groups is 3. The van der Waals surface area contributed by atoms with Crippen molar-refractivity contribution in [1.29, 1.82) is 0 Å². The predicted molar refractivity (Wildman–Crippen MR) is 117 cm³/mol. The number of carbonyl (C=O) groups excluding carboxylic acids is 3. The fourth-order valence-corrected chi connectivity index (χ4v) is 3.58. The normalized spacial score (nSPS) is 11.6. The Balaban J connectivity index is 1.57. The molecule has 3 rings (SSSR count). The molecular weight excluding hydrogens is 434 g/mol. The molecule has 2 aromatic heterocycles. The number of ether oxygens (including phenoxy) is 1. The number of anilines is 1. The highest BCUT2D eigenvalue weighted by Crippen LogP contribution is 2.24. The fourth-order valence-electron chi connectivity index (χ4n) is 2.72. The molecule has 2 heterocycles. The van der Waals surface area contributed by atoms with Crippen LogP contribution in [0.25, 0.3) is 11.4 Å². The van der Waals surface area contributed by atoms with Gasteiger partial charge in [0.05, 0.1) is 18.2 Å². The summed E-state index contributed by atoms with van der Waals surface area (Å²) in [6.45, 7) is 7.13. The van der Waals surface area contributed by atoms with Crippen molar-refractivity contribution in [3.8, 4) is 11.4 Å². The van der Waals surface area contributed by atoms with Crippen LogP contribution in [-0.4, -0.2) is 46.1 Å². The van der Waals surface area contributed by atoms with Crippen molar-refractivity contribution in [2.45, 2.75) is 27.7 Å². The minimum atomic E-state index is -0.530. The van der Waals surface area contributed by atoms with Crippen molar-refractivity contribution in [2.24, 2.45) is 5.92 Å². The quantitative estimate of drug-likeness (QED) is 0.493. The lowest BCUT2D eigenvalue weighted by atomic mass is 10.1.